The zero-order valence-electron chi connectivity index (χ0n) is 12.3. The van der Waals surface area contributed by atoms with Gasteiger partial charge in [-0.15, -0.1) is 11.8 Å². The standard InChI is InChI=1S/C15H22N2O2S/c1-15(2,11-18)16(3)10-14(19)17-8-9-20-13-7-5-4-6-12(13)17/h4-7,18H,8-11H2,1-3H3. The summed E-state index contributed by atoms with van der Waals surface area (Å²) in [7, 11) is 1.87. The highest BCUT2D eigenvalue weighted by Gasteiger charge is 2.28. The molecule has 1 heterocycles. The van der Waals surface area contributed by atoms with Gasteiger partial charge in [-0.05, 0) is 33.0 Å². The van der Waals surface area contributed by atoms with Gasteiger partial charge >= 0.3 is 0 Å². The molecular weight excluding hydrogens is 272 g/mol. The van der Waals surface area contributed by atoms with Crippen molar-refractivity contribution in [2.24, 2.45) is 0 Å². The Morgan fingerprint density at radius 2 is 2.15 bits per heavy atom. The summed E-state index contributed by atoms with van der Waals surface area (Å²) in [6.07, 6.45) is 0. The molecule has 20 heavy (non-hydrogen) atoms. The zero-order chi connectivity index (χ0) is 14.8. The minimum absolute atomic E-state index is 0.0310. The van der Waals surface area contributed by atoms with Crippen molar-refractivity contribution < 1.29 is 9.90 Å². The van der Waals surface area contributed by atoms with Gasteiger partial charge in [0.1, 0.15) is 0 Å². The van der Waals surface area contributed by atoms with Crippen LogP contribution in [0.2, 0.25) is 0 Å². The summed E-state index contributed by atoms with van der Waals surface area (Å²) in [6.45, 7) is 4.95. The first kappa shape index (κ1) is 15.4. The minimum atomic E-state index is -0.389. The topological polar surface area (TPSA) is 43.8 Å². The molecule has 0 atom stereocenters. The number of amides is 1. The number of aliphatic hydroxyl groups excluding tert-OH is 1. The van der Waals surface area contributed by atoms with E-state index in [9.17, 15) is 9.90 Å². The zero-order valence-corrected chi connectivity index (χ0v) is 13.1. The van der Waals surface area contributed by atoms with Crippen LogP contribution in [-0.2, 0) is 4.79 Å². The lowest BCUT2D eigenvalue weighted by molar-refractivity contribution is -0.121. The lowest BCUT2D eigenvalue weighted by Gasteiger charge is -2.36. The highest BCUT2D eigenvalue weighted by atomic mass is 32.2. The lowest BCUT2D eigenvalue weighted by atomic mass is 10.1. The number of thioether (sulfide) groups is 1. The predicted octanol–water partition coefficient (Wildman–Crippen LogP) is 1.83. The second kappa shape index (κ2) is 6.16. The van der Waals surface area contributed by atoms with E-state index < -0.39 is 0 Å². The van der Waals surface area contributed by atoms with Crippen molar-refractivity contribution in [3.8, 4) is 0 Å². The minimum Gasteiger partial charge on any atom is -0.394 e. The van der Waals surface area contributed by atoms with Crippen molar-refractivity contribution in [1.29, 1.82) is 0 Å². The van der Waals surface area contributed by atoms with E-state index in [-0.39, 0.29) is 18.1 Å². The van der Waals surface area contributed by atoms with Crippen LogP contribution < -0.4 is 4.90 Å². The summed E-state index contributed by atoms with van der Waals surface area (Å²) in [5.41, 5.74) is 0.614. The van der Waals surface area contributed by atoms with Crippen molar-refractivity contribution in [1.82, 2.24) is 4.90 Å². The normalized spacial score (nSPS) is 15.3. The number of fused-ring (bicyclic) bond motifs is 1. The summed E-state index contributed by atoms with van der Waals surface area (Å²) >= 11 is 1.79. The quantitative estimate of drug-likeness (QED) is 0.920. The van der Waals surface area contributed by atoms with Gasteiger partial charge in [-0.1, -0.05) is 12.1 Å². The average molecular weight is 294 g/mol. The van der Waals surface area contributed by atoms with Crippen LogP contribution >= 0.6 is 11.8 Å². The molecule has 1 N–H and O–H groups in total. The van der Waals surface area contributed by atoms with Gasteiger partial charge < -0.3 is 10.0 Å². The molecule has 1 aliphatic rings. The first-order chi connectivity index (χ1) is 9.45. The number of para-hydroxylation sites is 1. The molecule has 0 bridgehead atoms. The largest absolute Gasteiger partial charge is 0.394 e. The van der Waals surface area contributed by atoms with Crippen LogP contribution in [-0.4, -0.2) is 53.9 Å². The molecule has 0 fully saturated rings. The Balaban J connectivity index is 2.11. The molecule has 0 saturated heterocycles. The molecule has 0 unspecified atom stereocenters. The Hall–Kier alpha value is -1.04. The van der Waals surface area contributed by atoms with Crippen molar-refractivity contribution in [2.45, 2.75) is 24.3 Å². The number of aliphatic hydroxyl groups is 1. The van der Waals surface area contributed by atoms with Gasteiger partial charge in [0.05, 0.1) is 18.8 Å². The summed E-state index contributed by atoms with van der Waals surface area (Å²) in [6, 6.07) is 8.02. The average Bonchev–Trinajstić information content (AvgIpc) is 2.46. The molecule has 1 aromatic carbocycles. The molecule has 0 aromatic heterocycles. The number of nitrogens with zero attached hydrogens (tertiary/aromatic N) is 2. The Bertz CT molecular complexity index is 491. The number of anilines is 1. The predicted molar refractivity (Wildman–Crippen MR) is 83.3 cm³/mol. The van der Waals surface area contributed by atoms with Gasteiger partial charge in [-0.3, -0.25) is 9.69 Å². The summed E-state index contributed by atoms with van der Waals surface area (Å²) in [5.74, 6) is 1.01. The van der Waals surface area contributed by atoms with E-state index in [2.05, 4.69) is 6.07 Å². The number of benzene rings is 1. The van der Waals surface area contributed by atoms with E-state index >= 15 is 0 Å². The third kappa shape index (κ3) is 3.16. The molecule has 110 valence electrons. The van der Waals surface area contributed by atoms with Crippen molar-refractivity contribution in [3.05, 3.63) is 24.3 Å². The highest BCUT2D eigenvalue weighted by Crippen LogP contribution is 2.34. The molecule has 1 amide bonds. The van der Waals surface area contributed by atoms with E-state index in [1.54, 1.807) is 11.8 Å². The maximum absolute atomic E-state index is 12.5. The maximum Gasteiger partial charge on any atom is 0.241 e. The molecule has 2 rings (SSSR count). The van der Waals surface area contributed by atoms with Crippen LogP contribution in [0.4, 0.5) is 5.69 Å². The first-order valence-corrected chi connectivity index (χ1v) is 7.78. The fourth-order valence-corrected chi connectivity index (χ4v) is 3.05. The van der Waals surface area contributed by atoms with Gasteiger partial charge in [0.2, 0.25) is 5.91 Å². The molecule has 0 aliphatic carbocycles. The molecule has 5 heteroatoms. The number of hydrogen-bond donors (Lipinski definition) is 1. The van der Waals surface area contributed by atoms with Gasteiger partial charge in [0.25, 0.3) is 0 Å². The van der Waals surface area contributed by atoms with E-state index in [1.165, 1.54) is 0 Å². The van der Waals surface area contributed by atoms with Crippen LogP contribution in [0.1, 0.15) is 13.8 Å². The molecule has 0 radical (unpaired) electrons. The van der Waals surface area contributed by atoms with E-state index in [4.69, 9.17) is 0 Å². The third-order valence-corrected chi connectivity index (χ3v) is 4.87. The number of carbonyl (C=O) groups is 1. The number of hydrogen-bond acceptors (Lipinski definition) is 4. The van der Waals surface area contributed by atoms with Crippen molar-refractivity contribution in [3.63, 3.8) is 0 Å². The fourth-order valence-electron chi connectivity index (χ4n) is 2.05. The van der Waals surface area contributed by atoms with Gasteiger partial charge in [-0.25, -0.2) is 0 Å². The Morgan fingerprint density at radius 1 is 1.45 bits per heavy atom. The van der Waals surface area contributed by atoms with Crippen molar-refractivity contribution in [2.75, 3.05) is 37.4 Å². The molecule has 0 spiro atoms. The van der Waals surface area contributed by atoms with E-state index in [1.807, 2.05) is 48.9 Å². The maximum atomic E-state index is 12.5. The van der Waals surface area contributed by atoms with Crippen LogP contribution in [0.5, 0.6) is 0 Å². The van der Waals surface area contributed by atoms with Crippen LogP contribution in [0.25, 0.3) is 0 Å². The SMILES string of the molecule is CN(CC(=O)N1CCSc2ccccc21)C(C)(C)CO. The van der Waals surface area contributed by atoms with Gasteiger partial charge in [0, 0.05) is 22.7 Å². The summed E-state index contributed by atoms with van der Waals surface area (Å²) in [5, 5.41) is 9.38. The van der Waals surface area contributed by atoms with E-state index in [0.717, 1.165) is 22.9 Å². The number of rotatable bonds is 4. The molecule has 0 saturated carbocycles. The smallest absolute Gasteiger partial charge is 0.241 e. The molecule has 1 aliphatic heterocycles. The molecule has 4 nitrogen and oxygen atoms in total. The van der Waals surface area contributed by atoms with Crippen molar-refractivity contribution >= 4 is 23.4 Å². The second-order valence-corrected chi connectivity index (χ2v) is 6.82. The van der Waals surface area contributed by atoms with Gasteiger partial charge in [-0.2, -0.15) is 0 Å². The Morgan fingerprint density at radius 3 is 2.85 bits per heavy atom. The highest BCUT2D eigenvalue weighted by molar-refractivity contribution is 7.99. The lowest BCUT2D eigenvalue weighted by Crippen LogP contribution is -2.50. The second-order valence-electron chi connectivity index (χ2n) is 5.69. The summed E-state index contributed by atoms with van der Waals surface area (Å²) in [4.78, 5) is 17.4. The third-order valence-electron chi connectivity index (χ3n) is 3.82. The van der Waals surface area contributed by atoms with Gasteiger partial charge in [0.15, 0.2) is 0 Å². The van der Waals surface area contributed by atoms with Crippen LogP contribution in [0.3, 0.4) is 0 Å². The monoisotopic (exact) mass is 294 g/mol. The number of likely N-dealkylation sites (N-methyl/N-ethyl adjacent to an activating group) is 1. The van der Waals surface area contributed by atoms with Crippen LogP contribution in [0, 0.1) is 0 Å². The Labute approximate surface area is 124 Å². The molecular formula is C15H22N2O2S. The Kier molecular flexibility index (Phi) is 4.73. The first-order valence-electron chi connectivity index (χ1n) is 6.80. The van der Waals surface area contributed by atoms with E-state index in [0.29, 0.717) is 6.54 Å². The fraction of sp³-hybridized carbons (Fsp3) is 0.533. The molecule has 1 aromatic rings. The van der Waals surface area contributed by atoms with Crippen LogP contribution in [0.15, 0.2) is 29.2 Å². The number of carbonyl (C=O) groups excluding carboxylic acids is 1. The summed E-state index contributed by atoms with van der Waals surface area (Å²) < 4.78 is 0.